The number of ketones is 1. The van der Waals surface area contributed by atoms with Crippen LogP contribution < -0.4 is 0 Å². The normalized spacial score (nSPS) is 50.3. The molecule has 1 nitrogen and oxygen atoms in total. The molecule has 4 aliphatic carbocycles. The predicted molar refractivity (Wildman–Crippen MR) is 99.6 cm³/mol. The molecule has 3 saturated carbocycles. The van der Waals surface area contributed by atoms with Crippen LogP contribution in [0.2, 0.25) is 0 Å². The van der Waals surface area contributed by atoms with Crippen molar-refractivity contribution < 1.29 is 4.79 Å². The van der Waals surface area contributed by atoms with E-state index in [-0.39, 0.29) is 11.2 Å². The first-order valence-electron chi connectivity index (χ1n) is 10.2. The molecule has 132 valence electrons. The fourth-order valence-corrected chi connectivity index (χ4v) is 7.45. The zero-order valence-corrected chi connectivity index (χ0v) is 16.2. The average molecular weight is 327 g/mol. The highest BCUT2D eigenvalue weighted by Crippen LogP contribution is 2.70. The van der Waals surface area contributed by atoms with E-state index >= 15 is 0 Å². The summed E-state index contributed by atoms with van der Waals surface area (Å²) in [6, 6.07) is 0. The molecule has 0 bridgehead atoms. The molecule has 0 aliphatic heterocycles. The quantitative estimate of drug-likeness (QED) is 0.581. The standard InChI is InChI=1S/C23H34O/c1-15(2)22(4)12-10-20-18-7-6-16-14-17(24)8-11-21(16,3)19(18)9-13-23(20,22)5/h8,11,14-15,18-20H,6-7,9-10,12-13H2,1-5H3/t18?,19-,20-,21-,22+,23-/m0/s1. The second-order valence-corrected chi connectivity index (χ2v) is 10.2. The molecule has 3 fully saturated rings. The Bertz CT molecular complexity index is 626. The van der Waals surface area contributed by atoms with Crippen molar-refractivity contribution in [2.24, 2.45) is 39.9 Å². The lowest BCUT2D eigenvalue weighted by Crippen LogP contribution is -2.52. The highest BCUT2D eigenvalue weighted by Gasteiger charge is 2.62. The maximum absolute atomic E-state index is 11.9. The van der Waals surface area contributed by atoms with Gasteiger partial charge in [-0.05, 0) is 85.2 Å². The molecule has 0 aromatic carbocycles. The van der Waals surface area contributed by atoms with Crippen LogP contribution in [0, 0.1) is 39.9 Å². The molecule has 0 saturated heterocycles. The number of allylic oxidation sites excluding steroid dienone is 4. The maximum Gasteiger partial charge on any atom is 0.178 e. The molecule has 0 aromatic heterocycles. The van der Waals surface area contributed by atoms with Gasteiger partial charge < -0.3 is 0 Å². The van der Waals surface area contributed by atoms with Crippen molar-refractivity contribution >= 4 is 5.78 Å². The fourth-order valence-electron chi connectivity index (χ4n) is 7.45. The van der Waals surface area contributed by atoms with Crippen LogP contribution in [0.4, 0.5) is 0 Å². The molecule has 1 heteroatoms. The molecular weight excluding hydrogens is 292 g/mol. The van der Waals surface area contributed by atoms with Crippen molar-refractivity contribution in [3.63, 3.8) is 0 Å². The predicted octanol–water partition coefficient (Wildman–Crippen LogP) is 5.96. The first-order valence-corrected chi connectivity index (χ1v) is 10.2. The van der Waals surface area contributed by atoms with Gasteiger partial charge in [0.1, 0.15) is 0 Å². The van der Waals surface area contributed by atoms with Crippen molar-refractivity contribution in [3.8, 4) is 0 Å². The zero-order chi connectivity index (χ0) is 17.3. The Labute approximate surface area is 148 Å². The van der Waals surface area contributed by atoms with Crippen LogP contribution in [0.1, 0.15) is 73.1 Å². The highest BCUT2D eigenvalue weighted by molar-refractivity contribution is 6.01. The molecule has 4 rings (SSSR count). The molecule has 0 N–H and O–H groups in total. The summed E-state index contributed by atoms with van der Waals surface area (Å²) in [6.07, 6.45) is 14.0. The third-order valence-electron chi connectivity index (χ3n) is 9.50. The number of rotatable bonds is 1. The first-order chi connectivity index (χ1) is 11.2. The molecule has 24 heavy (non-hydrogen) atoms. The summed E-state index contributed by atoms with van der Waals surface area (Å²) >= 11 is 0. The summed E-state index contributed by atoms with van der Waals surface area (Å²) in [5, 5.41) is 0. The molecule has 6 atom stereocenters. The van der Waals surface area contributed by atoms with Crippen LogP contribution in [-0.2, 0) is 4.79 Å². The van der Waals surface area contributed by atoms with E-state index in [9.17, 15) is 4.79 Å². The van der Waals surface area contributed by atoms with E-state index in [0.29, 0.717) is 10.8 Å². The number of hydrogen-bond donors (Lipinski definition) is 0. The lowest BCUT2D eigenvalue weighted by molar-refractivity contribution is -0.111. The van der Waals surface area contributed by atoms with Gasteiger partial charge in [-0.2, -0.15) is 0 Å². The van der Waals surface area contributed by atoms with Crippen molar-refractivity contribution in [1.29, 1.82) is 0 Å². The van der Waals surface area contributed by atoms with Crippen LogP contribution in [0.5, 0.6) is 0 Å². The lowest BCUT2D eigenvalue weighted by atomic mass is 9.45. The van der Waals surface area contributed by atoms with Gasteiger partial charge in [-0.3, -0.25) is 4.79 Å². The molecular formula is C23H34O. The molecule has 0 spiro atoms. The number of hydrogen-bond acceptors (Lipinski definition) is 1. The van der Waals surface area contributed by atoms with Crippen LogP contribution in [0.3, 0.4) is 0 Å². The summed E-state index contributed by atoms with van der Waals surface area (Å²) in [5.74, 6) is 3.45. The van der Waals surface area contributed by atoms with Gasteiger partial charge in [-0.1, -0.05) is 46.3 Å². The van der Waals surface area contributed by atoms with Gasteiger partial charge >= 0.3 is 0 Å². The Hall–Kier alpha value is -0.850. The monoisotopic (exact) mass is 326 g/mol. The van der Waals surface area contributed by atoms with Gasteiger partial charge in [0.2, 0.25) is 0 Å². The Morgan fingerprint density at radius 3 is 2.46 bits per heavy atom. The van der Waals surface area contributed by atoms with Crippen molar-refractivity contribution in [3.05, 3.63) is 23.8 Å². The molecule has 0 amide bonds. The third-order valence-corrected chi connectivity index (χ3v) is 9.50. The Morgan fingerprint density at radius 2 is 1.75 bits per heavy atom. The highest BCUT2D eigenvalue weighted by atomic mass is 16.1. The Kier molecular flexibility index (Phi) is 3.52. The Balaban J connectivity index is 1.70. The van der Waals surface area contributed by atoms with E-state index in [1.807, 2.05) is 12.2 Å². The minimum absolute atomic E-state index is 0.148. The van der Waals surface area contributed by atoms with E-state index in [2.05, 4.69) is 40.7 Å². The van der Waals surface area contributed by atoms with Gasteiger partial charge in [-0.15, -0.1) is 0 Å². The second kappa shape index (κ2) is 5.08. The molecule has 0 aromatic rings. The largest absolute Gasteiger partial charge is 0.290 e. The molecule has 0 radical (unpaired) electrons. The minimum atomic E-state index is 0.148. The van der Waals surface area contributed by atoms with Crippen LogP contribution in [0.25, 0.3) is 0 Å². The second-order valence-electron chi connectivity index (χ2n) is 10.2. The van der Waals surface area contributed by atoms with Crippen LogP contribution >= 0.6 is 0 Å². The molecule has 1 unspecified atom stereocenters. The van der Waals surface area contributed by atoms with E-state index in [4.69, 9.17) is 0 Å². The average Bonchev–Trinajstić information content (AvgIpc) is 2.81. The van der Waals surface area contributed by atoms with Gasteiger partial charge in [-0.25, -0.2) is 0 Å². The number of carbonyl (C=O) groups is 1. The van der Waals surface area contributed by atoms with Crippen LogP contribution in [-0.4, -0.2) is 5.78 Å². The summed E-state index contributed by atoms with van der Waals surface area (Å²) < 4.78 is 0. The van der Waals surface area contributed by atoms with E-state index < -0.39 is 0 Å². The third kappa shape index (κ3) is 1.90. The van der Waals surface area contributed by atoms with Crippen molar-refractivity contribution in [2.45, 2.75) is 73.1 Å². The minimum Gasteiger partial charge on any atom is -0.290 e. The fraction of sp³-hybridized carbons (Fsp3) is 0.783. The maximum atomic E-state index is 11.9. The Morgan fingerprint density at radius 1 is 1.04 bits per heavy atom. The molecule has 4 aliphatic rings. The number of fused-ring (bicyclic) bond motifs is 5. The van der Waals surface area contributed by atoms with Gasteiger partial charge in [0, 0.05) is 5.41 Å². The SMILES string of the molecule is CC(C)[C@@]1(C)CC[C@H]2C3CCC4=CC(=O)C=C[C@]4(C)[C@H]3CC[C@@]21C. The van der Waals surface area contributed by atoms with Crippen molar-refractivity contribution in [1.82, 2.24) is 0 Å². The summed E-state index contributed by atoms with van der Waals surface area (Å²) in [5.41, 5.74) is 2.57. The van der Waals surface area contributed by atoms with E-state index in [0.717, 1.165) is 30.1 Å². The first kappa shape index (κ1) is 16.6. The number of carbonyl (C=O) groups excluding carboxylic acids is 1. The van der Waals surface area contributed by atoms with E-state index in [1.54, 1.807) is 0 Å². The van der Waals surface area contributed by atoms with Crippen LogP contribution in [0.15, 0.2) is 23.8 Å². The smallest absolute Gasteiger partial charge is 0.178 e. The molecule has 0 heterocycles. The van der Waals surface area contributed by atoms with Crippen molar-refractivity contribution in [2.75, 3.05) is 0 Å². The summed E-state index contributed by atoms with van der Waals surface area (Å²) in [4.78, 5) is 11.9. The van der Waals surface area contributed by atoms with Gasteiger partial charge in [0.25, 0.3) is 0 Å². The lowest BCUT2D eigenvalue weighted by Gasteiger charge is -2.59. The van der Waals surface area contributed by atoms with Gasteiger partial charge in [0.05, 0.1) is 0 Å². The van der Waals surface area contributed by atoms with Gasteiger partial charge in [0.15, 0.2) is 5.78 Å². The van der Waals surface area contributed by atoms with E-state index in [1.165, 1.54) is 37.7 Å². The topological polar surface area (TPSA) is 17.1 Å². The summed E-state index contributed by atoms with van der Waals surface area (Å²) in [7, 11) is 0. The zero-order valence-electron chi connectivity index (χ0n) is 16.2. The summed E-state index contributed by atoms with van der Waals surface area (Å²) in [6.45, 7) is 12.5.